The van der Waals surface area contributed by atoms with Crippen molar-refractivity contribution in [2.45, 2.75) is 38.1 Å². The number of carbonyl (C=O) groups excluding carboxylic acids is 1. The minimum Gasteiger partial charge on any atom is -0.493 e. The predicted molar refractivity (Wildman–Crippen MR) is 120 cm³/mol. The molecule has 5 heteroatoms. The molecular formula is C25H30N2O3. The number of rotatable bonds is 7. The van der Waals surface area contributed by atoms with E-state index in [1.54, 1.807) is 14.2 Å². The van der Waals surface area contributed by atoms with E-state index in [1.165, 1.54) is 5.56 Å². The van der Waals surface area contributed by atoms with Crippen molar-refractivity contribution in [3.8, 4) is 11.5 Å². The minimum atomic E-state index is -0.0145. The van der Waals surface area contributed by atoms with Crippen LogP contribution in [0.15, 0.2) is 48.6 Å². The number of anilines is 1. The number of hydrogen-bond donors (Lipinski definition) is 2. The van der Waals surface area contributed by atoms with Gasteiger partial charge in [-0.3, -0.25) is 4.79 Å². The lowest BCUT2D eigenvalue weighted by Gasteiger charge is -2.38. The van der Waals surface area contributed by atoms with Crippen molar-refractivity contribution >= 4 is 11.6 Å². The fourth-order valence-electron chi connectivity index (χ4n) is 4.66. The summed E-state index contributed by atoms with van der Waals surface area (Å²) in [6.45, 7) is 2.82. The molecule has 158 valence electrons. The van der Waals surface area contributed by atoms with Gasteiger partial charge in [-0.05, 0) is 48.1 Å². The molecule has 0 spiro atoms. The summed E-state index contributed by atoms with van der Waals surface area (Å²) in [7, 11) is 3.30. The van der Waals surface area contributed by atoms with Crippen molar-refractivity contribution in [2.24, 2.45) is 5.92 Å². The molecule has 0 radical (unpaired) electrons. The van der Waals surface area contributed by atoms with E-state index in [1.807, 2.05) is 24.3 Å². The fourth-order valence-corrected chi connectivity index (χ4v) is 4.66. The van der Waals surface area contributed by atoms with Crippen LogP contribution in [0.3, 0.4) is 0 Å². The zero-order valence-corrected chi connectivity index (χ0v) is 17.9. The number of benzene rings is 2. The highest BCUT2D eigenvalue weighted by atomic mass is 16.5. The van der Waals surface area contributed by atoms with Gasteiger partial charge < -0.3 is 20.1 Å². The summed E-state index contributed by atoms with van der Waals surface area (Å²) in [5, 5.41) is 6.78. The molecule has 0 bridgehead atoms. The van der Waals surface area contributed by atoms with Gasteiger partial charge in [0.25, 0.3) is 5.91 Å². The third kappa shape index (κ3) is 3.64. The normalized spacial score (nSPS) is 21.4. The van der Waals surface area contributed by atoms with E-state index in [9.17, 15) is 4.79 Å². The smallest absolute Gasteiger partial charge is 0.253 e. The monoisotopic (exact) mass is 406 g/mol. The molecule has 2 aromatic carbocycles. The Kier molecular flexibility index (Phi) is 5.98. The lowest BCUT2D eigenvalue weighted by molar-refractivity contribution is 0.0953. The summed E-state index contributed by atoms with van der Waals surface area (Å²) in [5.74, 6) is 2.11. The Hall–Kier alpha value is -2.95. The van der Waals surface area contributed by atoms with Gasteiger partial charge in [-0.1, -0.05) is 43.7 Å². The molecule has 2 N–H and O–H groups in total. The topological polar surface area (TPSA) is 59.6 Å². The first kappa shape index (κ1) is 20.3. The minimum absolute atomic E-state index is 0.0145. The van der Waals surface area contributed by atoms with Gasteiger partial charge in [0.1, 0.15) is 0 Å². The maximum Gasteiger partial charge on any atom is 0.253 e. The Morgan fingerprint density at radius 2 is 2.00 bits per heavy atom. The van der Waals surface area contributed by atoms with Gasteiger partial charge in [-0.25, -0.2) is 0 Å². The lowest BCUT2D eigenvalue weighted by Crippen LogP contribution is -2.32. The van der Waals surface area contributed by atoms with Crippen molar-refractivity contribution in [1.29, 1.82) is 0 Å². The second kappa shape index (κ2) is 8.82. The molecule has 2 aliphatic rings. The average Bonchev–Trinajstić information content (AvgIpc) is 3.28. The summed E-state index contributed by atoms with van der Waals surface area (Å²) in [4.78, 5) is 12.9. The van der Waals surface area contributed by atoms with Crippen molar-refractivity contribution in [1.82, 2.24) is 5.32 Å². The number of amides is 1. The van der Waals surface area contributed by atoms with Gasteiger partial charge in [-0.15, -0.1) is 0 Å². The fraction of sp³-hybridized carbons (Fsp3) is 0.400. The van der Waals surface area contributed by atoms with Crippen LogP contribution in [-0.2, 0) is 0 Å². The Bertz CT molecular complexity index is 953. The van der Waals surface area contributed by atoms with Crippen molar-refractivity contribution in [2.75, 3.05) is 26.1 Å². The number of methoxy groups -OCH3 is 2. The van der Waals surface area contributed by atoms with Crippen molar-refractivity contribution in [3.63, 3.8) is 0 Å². The molecule has 1 heterocycles. The van der Waals surface area contributed by atoms with Crippen LogP contribution in [0.5, 0.6) is 11.5 Å². The maximum atomic E-state index is 12.9. The van der Waals surface area contributed by atoms with E-state index >= 15 is 0 Å². The summed E-state index contributed by atoms with van der Waals surface area (Å²) < 4.78 is 10.9. The second-order valence-corrected chi connectivity index (χ2v) is 7.97. The van der Waals surface area contributed by atoms with Crippen LogP contribution in [0.4, 0.5) is 5.69 Å². The molecule has 0 saturated carbocycles. The number of fused-ring (bicyclic) bond motifs is 3. The predicted octanol–water partition coefficient (Wildman–Crippen LogP) is 5.06. The standard InChI is InChI=1S/C25H30N2O3/c1-4-5-14-26-25(28)20-11-7-10-19-17-8-6-9-18(17)23(27-24(19)20)16-12-13-21(29-2)22(15-16)30-3/h6-8,10-13,15,17-18,23,27H,4-5,9,14H2,1-3H3,(H,26,28). The Morgan fingerprint density at radius 3 is 2.77 bits per heavy atom. The zero-order chi connectivity index (χ0) is 21.1. The van der Waals surface area contributed by atoms with Crippen LogP contribution in [0.1, 0.15) is 59.6 Å². The number of unbranched alkanes of at least 4 members (excludes halogenated alkanes) is 1. The summed E-state index contributed by atoms with van der Waals surface area (Å²) in [6.07, 6.45) is 7.59. The third-order valence-corrected chi connectivity index (χ3v) is 6.22. The molecule has 4 rings (SSSR count). The molecule has 3 unspecified atom stereocenters. The average molecular weight is 407 g/mol. The Morgan fingerprint density at radius 1 is 1.17 bits per heavy atom. The Balaban J connectivity index is 1.71. The van der Waals surface area contributed by atoms with E-state index < -0.39 is 0 Å². The number of nitrogens with one attached hydrogen (secondary N) is 2. The molecule has 3 atom stereocenters. The van der Waals surface area contributed by atoms with E-state index in [-0.39, 0.29) is 11.9 Å². The molecule has 1 aliphatic heterocycles. The molecule has 30 heavy (non-hydrogen) atoms. The first-order valence-corrected chi connectivity index (χ1v) is 10.7. The molecule has 0 aromatic heterocycles. The number of hydrogen-bond acceptors (Lipinski definition) is 4. The van der Waals surface area contributed by atoms with Gasteiger partial charge in [0.2, 0.25) is 0 Å². The largest absolute Gasteiger partial charge is 0.493 e. The summed E-state index contributed by atoms with van der Waals surface area (Å²) >= 11 is 0. The van der Waals surface area contributed by atoms with Gasteiger partial charge >= 0.3 is 0 Å². The molecular weight excluding hydrogens is 376 g/mol. The van der Waals surface area contributed by atoms with Crippen LogP contribution < -0.4 is 20.1 Å². The van der Waals surface area contributed by atoms with Gasteiger partial charge in [0, 0.05) is 12.5 Å². The first-order valence-electron chi connectivity index (χ1n) is 10.7. The molecule has 1 amide bonds. The van der Waals surface area contributed by atoms with E-state index in [0.29, 0.717) is 23.9 Å². The third-order valence-electron chi connectivity index (χ3n) is 6.22. The first-order chi connectivity index (χ1) is 14.7. The van der Waals surface area contributed by atoms with Crippen molar-refractivity contribution in [3.05, 3.63) is 65.2 Å². The molecule has 1 aliphatic carbocycles. The molecule has 2 aromatic rings. The van der Waals surface area contributed by atoms with Gasteiger partial charge in [-0.2, -0.15) is 0 Å². The summed E-state index contributed by atoms with van der Waals surface area (Å²) in [6, 6.07) is 12.2. The van der Waals surface area contributed by atoms with Crippen molar-refractivity contribution < 1.29 is 14.3 Å². The quantitative estimate of drug-likeness (QED) is 0.498. The van der Waals surface area contributed by atoms with Crippen LogP contribution in [-0.4, -0.2) is 26.7 Å². The van der Waals surface area contributed by atoms with Gasteiger partial charge in [0.15, 0.2) is 11.5 Å². The van der Waals surface area contributed by atoms with Crippen LogP contribution in [0, 0.1) is 5.92 Å². The highest BCUT2D eigenvalue weighted by molar-refractivity contribution is 6.00. The number of carbonyl (C=O) groups is 1. The van der Waals surface area contributed by atoms with E-state index in [0.717, 1.165) is 42.0 Å². The van der Waals surface area contributed by atoms with Crippen LogP contribution >= 0.6 is 0 Å². The van der Waals surface area contributed by atoms with Crippen LogP contribution in [0.25, 0.3) is 0 Å². The highest BCUT2D eigenvalue weighted by Crippen LogP contribution is 2.51. The zero-order valence-electron chi connectivity index (χ0n) is 17.9. The van der Waals surface area contributed by atoms with Crippen LogP contribution in [0.2, 0.25) is 0 Å². The highest BCUT2D eigenvalue weighted by Gasteiger charge is 2.39. The molecule has 0 saturated heterocycles. The summed E-state index contributed by atoms with van der Waals surface area (Å²) in [5.41, 5.74) is 4.00. The number of para-hydroxylation sites is 1. The lowest BCUT2D eigenvalue weighted by atomic mass is 9.76. The number of allylic oxidation sites excluding steroid dienone is 2. The molecule has 5 nitrogen and oxygen atoms in total. The maximum absolute atomic E-state index is 12.9. The van der Waals surface area contributed by atoms with Gasteiger partial charge in [0.05, 0.1) is 31.5 Å². The van der Waals surface area contributed by atoms with E-state index in [2.05, 4.69) is 41.8 Å². The Labute approximate surface area is 178 Å². The number of ether oxygens (including phenoxy) is 2. The molecule has 0 fully saturated rings. The SMILES string of the molecule is CCCCNC(=O)c1cccc2c1NC(c1ccc(OC)c(OC)c1)C1CC=CC21. The second-order valence-electron chi connectivity index (χ2n) is 7.97. The van der Waals surface area contributed by atoms with E-state index in [4.69, 9.17) is 9.47 Å².